The molecule has 0 unspecified atom stereocenters. The Kier molecular flexibility index (Phi) is 5.64. The number of hydrogen-bond donors (Lipinski definition) is 1. The Hall–Kier alpha value is -1.29. The largest absolute Gasteiger partial charge is 0.481 e. The number of hydrogen-bond acceptors (Lipinski definition) is 4. The minimum atomic E-state index is 0.651. The van der Waals surface area contributed by atoms with Gasteiger partial charge in [-0.2, -0.15) is 0 Å². The van der Waals surface area contributed by atoms with Gasteiger partial charge in [-0.05, 0) is 39.5 Å². The summed E-state index contributed by atoms with van der Waals surface area (Å²) >= 11 is 0. The highest BCUT2D eigenvalue weighted by molar-refractivity contribution is 5.44. The number of pyridine rings is 1. The first-order valence-electron chi connectivity index (χ1n) is 5.61. The van der Waals surface area contributed by atoms with Crippen LogP contribution in [0.25, 0.3) is 0 Å². The molecule has 0 bridgehead atoms. The van der Waals surface area contributed by atoms with Crippen molar-refractivity contribution < 1.29 is 4.74 Å². The molecule has 90 valence electrons. The average Bonchev–Trinajstić information content (AvgIpc) is 2.28. The Labute approximate surface area is 97.6 Å². The summed E-state index contributed by atoms with van der Waals surface area (Å²) in [5, 5.41) is 3.35. The van der Waals surface area contributed by atoms with Gasteiger partial charge in [0.2, 0.25) is 5.88 Å². The molecule has 0 amide bonds. The van der Waals surface area contributed by atoms with Gasteiger partial charge in [-0.1, -0.05) is 0 Å². The fourth-order valence-corrected chi connectivity index (χ4v) is 1.42. The number of ether oxygens (including phenoxy) is 1. The number of aromatic nitrogens is 1. The number of methoxy groups -OCH3 is 1. The normalized spacial score (nSPS) is 10.5. The van der Waals surface area contributed by atoms with E-state index in [1.54, 1.807) is 13.3 Å². The van der Waals surface area contributed by atoms with Crippen LogP contribution >= 0.6 is 0 Å². The third kappa shape index (κ3) is 4.98. The first-order chi connectivity index (χ1) is 7.72. The van der Waals surface area contributed by atoms with E-state index in [4.69, 9.17) is 4.74 Å². The third-order valence-corrected chi connectivity index (χ3v) is 2.31. The summed E-state index contributed by atoms with van der Waals surface area (Å²) in [6.45, 7) is 2.13. The van der Waals surface area contributed by atoms with Gasteiger partial charge in [0.1, 0.15) is 0 Å². The van der Waals surface area contributed by atoms with Gasteiger partial charge in [-0.25, -0.2) is 4.98 Å². The lowest BCUT2D eigenvalue weighted by molar-refractivity contribution is 0.396. The summed E-state index contributed by atoms with van der Waals surface area (Å²) in [6, 6.07) is 3.86. The highest BCUT2D eigenvalue weighted by atomic mass is 16.5. The van der Waals surface area contributed by atoms with Crippen LogP contribution < -0.4 is 10.1 Å². The molecule has 0 aliphatic rings. The molecule has 0 spiro atoms. The van der Waals surface area contributed by atoms with E-state index in [1.807, 2.05) is 12.1 Å². The van der Waals surface area contributed by atoms with E-state index in [0.29, 0.717) is 5.88 Å². The smallest absolute Gasteiger partial charge is 0.214 e. The van der Waals surface area contributed by atoms with Gasteiger partial charge >= 0.3 is 0 Å². The maximum atomic E-state index is 5.06. The van der Waals surface area contributed by atoms with Gasteiger partial charge in [0, 0.05) is 24.5 Å². The zero-order valence-corrected chi connectivity index (χ0v) is 10.4. The van der Waals surface area contributed by atoms with Crippen molar-refractivity contribution in [1.82, 2.24) is 9.88 Å². The summed E-state index contributed by atoms with van der Waals surface area (Å²) < 4.78 is 5.06. The number of unbranched alkanes of at least 4 members (excludes halogenated alkanes) is 1. The highest BCUT2D eigenvalue weighted by Crippen LogP contribution is 2.13. The predicted molar refractivity (Wildman–Crippen MR) is 67.1 cm³/mol. The molecule has 1 aromatic heterocycles. The van der Waals surface area contributed by atoms with E-state index in [2.05, 4.69) is 29.3 Å². The molecule has 4 heteroatoms. The molecule has 1 N–H and O–H groups in total. The summed E-state index contributed by atoms with van der Waals surface area (Å²) in [7, 11) is 5.82. The molecule has 0 aliphatic carbocycles. The van der Waals surface area contributed by atoms with Crippen LogP contribution in [0.15, 0.2) is 18.3 Å². The van der Waals surface area contributed by atoms with Crippen LogP contribution in [0.2, 0.25) is 0 Å². The van der Waals surface area contributed by atoms with Crippen LogP contribution in [0.4, 0.5) is 5.69 Å². The van der Waals surface area contributed by atoms with Crippen molar-refractivity contribution in [3.63, 3.8) is 0 Å². The lowest BCUT2D eigenvalue weighted by Gasteiger charge is -2.10. The number of nitrogens with one attached hydrogen (secondary N) is 1. The van der Waals surface area contributed by atoms with Crippen LogP contribution in [-0.2, 0) is 0 Å². The summed E-state index contributed by atoms with van der Waals surface area (Å²) in [6.07, 6.45) is 4.13. The zero-order chi connectivity index (χ0) is 11.8. The quantitative estimate of drug-likeness (QED) is 0.716. The van der Waals surface area contributed by atoms with Crippen LogP contribution in [0.3, 0.4) is 0 Å². The van der Waals surface area contributed by atoms with Crippen LogP contribution in [0, 0.1) is 0 Å². The monoisotopic (exact) mass is 223 g/mol. The first kappa shape index (κ1) is 12.8. The van der Waals surface area contributed by atoms with E-state index in [0.717, 1.165) is 18.8 Å². The van der Waals surface area contributed by atoms with Gasteiger partial charge < -0.3 is 15.0 Å². The Morgan fingerprint density at radius 3 is 2.88 bits per heavy atom. The van der Waals surface area contributed by atoms with Gasteiger partial charge in [0.25, 0.3) is 0 Å². The summed E-state index contributed by atoms with van der Waals surface area (Å²) in [4.78, 5) is 6.26. The molecule has 0 saturated carbocycles. The highest BCUT2D eigenvalue weighted by Gasteiger charge is 1.96. The first-order valence-corrected chi connectivity index (χ1v) is 5.61. The van der Waals surface area contributed by atoms with Crippen molar-refractivity contribution in [1.29, 1.82) is 0 Å². The number of anilines is 1. The second-order valence-corrected chi connectivity index (χ2v) is 4.02. The van der Waals surface area contributed by atoms with Gasteiger partial charge in [-0.15, -0.1) is 0 Å². The van der Waals surface area contributed by atoms with Gasteiger partial charge in [0.15, 0.2) is 0 Å². The SMILES string of the molecule is COc1cc(NCCCCN(C)C)ccn1. The standard InChI is InChI=1S/C12H21N3O/c1-15(2)9-5-4-7-13-11-6-8-14-12(10-11)16-3/h6,8,10H,4-5,7,9H2,1-3H3,(H,13,14). The van der Waals surface area contributed by atoms with Crippen molar-refractivity contribution in [2.24, 2.45) is 0 Å². The average molecular weight is 223 g/mol. The summed E-state index contributed by atoms with van der Waals surface area (Å²) in [5.41, 5.74) is 1.07. The maximum absolute atomic E-state index is 5.06. The molecule has 0 radical (unpaired) electrons. The molecular formula is C12H21N3O. The van der Waals surface area contributed by atoms with Crippen molar-refractivity contribution in [3.05, 3.63) is 18.3 Å². The molecule has 16 heavy (non-hydrogen) atoms. The van der Waals surface area contributed by atoms with E-state index in [9.17, 15) is 0 Å². The second kappa shape index (κ2) is 7.06. The van der Waals surface area contributed by atoms with Crippen molar-refractivity contribution in [2.75, 3.05) is 39.6 Å². The molecule has 0 saturated heterocycles. The van der Waals surface area contributed by atoms with Crippen molar-refractivity contribution in [2.45, 2.75) is 12.8 Å². The lowest BCUT2D eigenvalue weighted by atomic mass is 10.3. The van der Waals surface area contributed by atoms with Crippen molar-refractivity contribution in [3.8, 4) is 5.88 Å². The molecule has 0 atom stereocenters. The third-order valence-electron chi connectivity index (χ3n) is 2.31. The molecule has 1 rings (SSSR count). The van der Waals surface area contributed by atoms with E-state index in [-0.39, 0.29) is 0 Å². The molecule has 1 aromatic rings. The maximum Gasteiger partial charge on any atom is 0.214 e. The van der Waals surface area contributed by atoms with Crippen LogP contribution in [0.1, 0.15) is 12.8 Å². The topological polar surface area (TPSA) is 37.4 Å². The Bertz CT molecular complexity index is 302. The van der Waals surface area contributed by atoms with Gasteiger partial charge in [-0.3, -0.25) is 0 Å². The molecule has 1 heterocycles. The Morgan fingerprint density at radius 2 is 2.19 bits per heavy atom. The van der Waals surface area contributed by atoms with E-state index >= 15 is 0 Å². The second-order valence-electron chi connectivity index (χ2n) is 4.02. The molecule has 4 nitrogen and oxygen atoms in total. The van der Waals surface area contributed by atoms with Gasteiger partial charge in [0.05, 0.1) is 7.11 Å². The lowest BCUT2D eigenvalue weighted by Crippen LogP contribution is -2.14. The number of rotatable bonds is 7. The molecule has 0 aromatic carbocycles. The minimum Gasteiger partial charge on any atom is -0.481 e. The Balaban J connectivity index is 2.21. The van der Waals surface area contributed by atoms with Crippen molar-refractivity contribution >= 4 is 5.69 Å². The summed E-state index contributed by atoms with van der Waals surface area (Å²) in [5.74, 6) is 0.651. The molecule has 0 fully saturated rings. The Morgan fingerprint density at radius 1 is 1.38 bits per heavy atom. The predicted octanol–water partition coefficient (Wildman–Crippen LogP) is 1.84. The van der Waals surface area contributed by atoms with Crippen LogP contribution in [0.5, 0.6) is 5.88 Å². The molecule has 0 aliphatic heterocycles. The minimum absolute atomic E-state index is 0.651. The fourth-order valence-electron chi connectivity index (χ4n) is 1.42. The van der Waals surface area contributed by atoms with E-state index in [1.165, 1.54) is 12.8 Å². The van der Waals surface area contributed by atoms with E-state index < -0.39 is 0 Å². The van der Waals surface area contributed by atoms with Crippen LogP contribution in [-0.4, -0.2) is 44.2 Å². The number of nitrogens with zero attached hydrogens (tertiary/aromatic N) is 2. The zero-order valence-electron chi connectivity index (χ0n) is 10.4. The fraction of sp³-hybridized carbons (Fsp3) is 0.583. The molecular weight excluding hydrogens is 202 g/mol.